The third-order valence-corrected chi connectivity index (χ3v) is 3.55. The lowest BCUT2D eigenvalue weighted by Gasteiger charge is -2.12. The number of hydrogen-bond donors (Lipinski definition) is 1. The first-order valence-electron chi connectivity index (χ1n) is 6.53. The van der Waals surface area contributed by atoms with Crippen molar-refractivity contribution in [3.63, 3.8) is 0 Å². The number of aromatic nitrogens is 1. The molecule has 0 unspecified atom stereocenters. The Morgan fingerprint density at radius 1 is 1.05 bits per heavy atom. The summed E-state index contributed by atoms with van der Waals surface area (Å²) in [5.41, 5.74) is 2.25. The second-order valence-corrected chi connectivity index (χ2v) is 4.83. The van der Waals surface area contributed by atoms with E-state index in [1.807, 2.05) is 6.07 Å². The molecule has 0 fully saturated rings. The van der Waals surface area contributed by atoms with Crippen LogP contribution in [0.5, 0.6) is 0 Å². The van der Waals surface area contributed by atoms with Crippen molar-refractivity contribution in [2.24, 2.45) is 0 Å². The number of carboxylic acids is 1. The molecular weight excluding hydrogens is 266 g/mol. The molecule has 1 aromatic carbocycles. The molecule has 0 aliphatic carbocycles. The molecule has 0 spiro atoms. The highest BCUT2D eigenvalue weighted by atomic mass is 16.4. The number of pyridine rings is 1. The number of carboxylic acid groups (broad SMARTS) is 1. The van der Waals surface area contributed by atoms with Gasteiger partial charge >= 0.3 is 5.97 Å². The zero-order valence-electron chi connectivity index (χ0n) is 11.4. The van der Waals surface area contributed by atoms with Crippen LogP contribution in [0.2, 0.25) is 0 Å². The first-order chi connectivity index (χ1) is 10.1. The highest BCUT2D eigenvalue weighted by molar-refractivity contribution is 6.10. The number of benzene rings is 1. The fourth-order valence-corrected chi connectivity index (χ4v) is 2.51. The van der Waals surface area contributed by atoms with Crippen LogP contribution in [0.3, 0.4) is 0 Å². The Bertz CT molecular complexity index is 847. The predicted octanol–water partition coefficient (Wildman–Crippen LogP) is 3.18. The molecule has 0 bridgehead atoms. The first kappa shape index (κ1) is 13.1. The fraction of sp³-hybridized carbons (Fsp3) is 0.0588. The van der Waals surface area contributed by atoms with Crippen molar-refractivity contribution in [2.45, 2.75) is 6.92 Å². The van der Waals surface area contributed by atoms with Crippen molar-refractivity contribution < 1.29 is 14.7 Å². The Hall–Kier alpha value is -2.88. The van der Waals surface area contributed by atoms with Crippen molar-refractivity contribution in [1.29, 1.82) is 0 Å². The van der Waals surface area contributed by atoms with E-state index >= 15 is 0 Å². The molecule has 0 aliphatic rings. The SMILES string of the molecule is Cc1c(C(=O)O)cc2cccn2c1C(=O)c1ccccc1. The Kier molecular flexibility index (Phi) is 3.06. The fourth-order valence-electron chi connectivity index (χ4n) is 2.51. The molecule has 0 radical (unpaired) electrons. The topological polar surface area (TPSA) is 58.8 Å². The van der Waals surface area contributed by atoms with Crippen LogP contribution in [0.15, 0.2) is 54.7 Å². The minimum atomic E-state index is -1.03. The van der Waals surface area contributed by atoms with Gasteiger partial charge in [0.15, 0.2) is 0 Å². The smallest absolute Gasteiger partial charge is 0.336 e. The lowest BCUT2D eigenvalue weighted by Crippen LogP contribution is -2.13. The number of rotatable bonds is 3. The van der Waals surface area contributed by atoms with Crippen molar-refractivity contribution in [3.05, 3.63) is 77.1 Å². The average Bonchev–Trinajstić information content (AvgIpc) is 2.94. The Balaban J connectivity index is 2.30. The summed E-state index contributed by atoms with van der Waals surface area (Å²) in [5.74, 6) is -1.21. The van der Waals surface area contributed by atoms with Crippen LogP contribution in [-0.4, -0.2) is 21.3 Å². The molecule has 21 heavy (non-hydrogen) atoms. The predicted molar refractivity (Wildman–Crippen MR) is 79.0 cm³/mol. The second-order valence-electron chi connectivity index (χ2n) is 4.83. The van der Waals surface area contributed by atoms with Gasteiger partial charge < -0.3 is 9.51 Å². The number of carbonyl (C=O) groups is 2. The third-order valence-electron chi connectivity index (χ3n) is 3.55. The van der Waals surface area contributed by atoms with Crippen LogP contribution in [0.1, 0.15) is 32.0 Å². The van der Waals surface area contributed by atoms with E-state index in [2.05, 4.69) is 0 Å². The zero-order chi connectivity index (χ0) is 15.0. The number of fused-ring (bicyclic) bond motifs is 1. The number of carbonyl (C=O) groups excluding carboxylic acids is 1. The third kappa shape index (κ3) is 2.10. The highest BCUT2D eigenvalue weighted by Crippen LogP contribution is 2.21. The Labute approximate surface area is 121 Å². The molecule has 2 aromatic heterocycles. The van der Waals surface area contributed by atoms with Gasteiger partial charge in [-0.1, -0.05) is 30.3 Å². The normalized spacial score (nSPS) is 10.7. The minimum Gasteiger partial charge on any atom is -0.478 e. The van der Waals surface area contributed by atoms with Crippen molar-refractivity contribution in [1.82, 2.24) is 4.40 Å². The summed E-state index contributed by atoms with van der Waals surface area (Å²) in [6.07, 6.45) is 1.77. The molecule has 0 aliphatic heterocycles. The first-order valence-corrected chi connectivity index (χ1v) is 6.53. The number of hydrogen-bond acceptors (Lipinski definition) is 2. The van der Waals surface area contributed by atoms with Crippen LogP contribution in [0.4, 0.5) is 0 Å². The molecule has 104 valence electrons. The number of nitrogens with zero attached hydrogens (tertiary/aromatic N) is 1. The van der Waals surface area contributed by atoms with Crippen molar-refractivity contribution >= 4 is 17.3 Å². The number of ketones is 1. The van der Waals surface area contributed by atoms with Gasteiger partial charge in [-0.3, -0.25) is 4.79 Å². The maximum atomic E-state index is 12.7. The Morgan fingerprint density at radius 3 is 2.43 bits per heavy atom. The molecule has 0 saturated carbocycles. The molecule has 4 nitrogen and oxygen atoms in total. The van der Waals surface area contributed by atoms with Gasteiger partial charge in [0.1, 0.15) is 0 Å². The summed E-state index contributed by atoms with van der Waals surface area (Å²) in [4.78, 5) is 24.1. The maximum absolute atomic E-state index is 12.7. The highest BCUT2D eigenvalue weighted by Gasteiger charge is 2.20. The summed E-state index contributed by atoms with van der Waals surface area (Å²) in [5, 5.41) is 9.32. The molecule has 3 aromatic rings. The van der Waals surface area contributed by atoms with E-state index in [-0.39, 0.29) is 11.3 Å². The molecule has 2 heterocycles. The molecule has 3 rings (SSSR count). The van der Waals surface area contributed by atoms with Crippen molar-refractivity contribution in [2.75, 3.05) is 0 Å². The van der Waals surface area contributed by atoms with Crippen LogP contribution in [0, 0.1) is 6.92 Å². The zero-order valence-corrected chi connectivity index (χ0v) is 11.4. The van der Waals surface area contributed by atoms with E-state index < -0.39 is 5.97 Å². The lowest BCUT2D eigenvalue weighted by molar-refractivity contribution is 0.0696. The van der Waals surface area contributed by atoms with Crippen molar-refractivity contribution in [3.8, 4) is 0 Å². The second kappa shape index (κ2) is 4.90. The van der Waals surface area contributed by atoms with E-state index in [0.29, 0.717) is 22.3 Å². The van der Waals surface area contributed by atoms with E-state index in [4.69, 9.17) is 0 Å². The van der Waals surface area contributed by atoms with Gasteiger partial charge in [0.25, 0.3) is 0 Å². The van der Waals surface area contributed by atoms with Gasteiger partial charge in [-0.2, -0.15) is 0 Å². The monoisotopic (exact) mass is 279 g/mol. The van der Waals surface area contributed by atoms with Gasteiger partial charge in [0.2, 0.25) is 5.78 Å². The molecule has 1 N–H and O–H groups in total. The van der Waals surface area contributed by atoms with E-state index in [0.717, 1.165) is 0 Å². The van der Waals surface area contributed by atoms with E-state index in [9.17, 15) is 14.7 Å². The summed E-state index contributed by atoms with van der Waals surface area (Å²) in [6, 6.07) is 14.0. The quantitative estimate of drug-likeness (QED) is 0.749. The Morgan fingerprint density at radius 2 is 1.76 bits per heavy atom. The van der Waals surface area contributed by atoms with Crippen LogP contribution < -0.4 is 0 Å². The minimum absolute atomic E-state index is 0.153. The van der Waals surface area contributed by atoms with Gasteiger partial charge in [0.05, 0.1) is 11.3 Å². The van der Waals surface area contributed by atoms with E-state index in [1.165, 1.54) is 0 Å². The summed E-state index contributed by atoms with van der Waals surface area (Å²) in [6.45, 7) is 1.67. The lowest BCUT2D eigenvalue weighted by atomic mass is 10.00. The summed E-state index contributed by atoms with van der Waals surface area (Å²) in [7, 11) is 0. The standard InChI is InChI=1S/C17H13NO3/c1-11-14(17(20)21)10-13-8-5-9-18(13)15(11)16(19)12-6-3-2-4-7-12/h2-10H,1H3,(H,20,21). The molecule has 0 saturated heterocycles. The largest absolute Gasteiger partial charge is 0.478 e. The van der Waals surface area contributed by atoms with E-state index in [1.54, 1.807) is 60.0 Å². The van der Waals surface area contributed by atoms with Crippen LogP contribution in [-0.2, 0) is 0 Å². The number of aromatic carboxylic acids is 1. The van der Waals surface area contributed by atoms with Gasteiger partial charge in [-0.15, -0.1) is 0 Å². The van der Waals surface area contributed by atoms with Gasteiger partial charge in [0, 0.05) is 17.3 Å². The maximum Gasteiger partial charge on any atom is 0.336 e. The molecular formula is C17H13NO3. The van der Waals surface area contributed by atoms with Crippen LogP contribution >= 0.6 is 0 Å². The summed E-state index contributed by atoms with van der Waals surface area (Å²) < 4.78 is 1.73. The van der Waals surface area contributed by atoms with Gasteiger partial charge in [-0.05, 0) is 30.7 Å². The summed E-state index contributed by atoms with van der Waals surface area (Å²) >= 11 is 0. The van der Waals surface area contributed by atoms with Crippen LogP contribution in [0.25, 0.3) is 5.52 Å². The molecule has 4 heteroatoms. The molecule has 0 amide bonds. The average molecular weight is 279 g/mol. The molecule has 0 atom stereocenters. The van der Waals surface area contributed by atoms with Gasteiger partial charge in [-0.25, -0.2) is 4.79 Å².